The maximum Gasteiger partial charge on any atom is 0.308 e. The zero-order chi connectivity index (χ0) is 19.1. The lowest BCUT2D eigenvalue weighted by Gasteiger charge is -2.22. The van der Waals surface area contributed by atoms with Gasteiger partial charge in [-0.25, -0.2) is 8.42 Å². The molecule has 0 fully saturated rings. The van der Waals surface area contributed by atoms with Crippen LogP contribution in [0.2, 0.25) is 0 Å². The van der Waals surface area contributed by atoms with Gasteiger partial charge in [-0.2, -0.15) is 4.31 Å². The smallest absolute Gasteiger partial charge is 0.308 e. The highest BCUT2D eigenvalue weighted by molar-refractivity contribution is 7.89. The van der Waals surface area contributed by atoms with Crippen LogP contribution in [0.15, 0.2) is 0 Å². The highest BCUT2D eigenvalue weighted by atomic mass is 32.2. The summed E-state index contributed by atoms with van der Waals surface area (Å²) in [4.78, 5) is 11.7. The van der Waals surface area contributed by atoms with Crippen molar-refractivity contribution in [2.75, 3.05) is 25.4 Å². The quantitative estimate of drug-likeness (QED) is 0.296. The second-order valence-electron chi connectivity index (χ2n) is 6.81. The molecule has 0 amide bonds. The molecular formula is C19H39NO4S. The molecule has 0 rings (SSSR count). The summed E-state index contributed by atoms with van der Waals surface area (Å²) in [6.07, 6.45) is 8.87. The summed E-state index contributed by atoms with van der Waals surface area (Å²) in [5, 5.41) is 0. The summed E-state index contributed by atoms with van der Waals surface area (Å²) in [6, 6.07) is 0. The molecule has 0 N–H and O–H groups in total. The van der Waals surface area contributed by atoms with E-state index in [2.05, 4.69) is 6.92 Å². The van der Waals surface area contributed by atoms with E-state index < -0.39 is 10.0 Å². The van der Waals surface area contributed by atoms with Gasteiger partial charge >= 0.3 is 5.97 Å². The lowest BCUT2D eigenvalue weighted by atomic mass is 10.1. The Morgan fingerprint density at radius 1 is 0.920 bits per heavy atom. The Labute approximate surface area is 155 Å². The number of unbranched alkanes of at least 4 members (excludes halogenated alkanes) is 6. The predicted octanol–water partition coefficient (Wildman–Crippen LogP) is 4.37. The summed E-state index contributed by atoms with van der Waals surface area (Å²) in [5.41, 5.74) is 0. The van der Waals surface area contributed by atoms with Crippen LogP contribution < -0.4 is 0 Å². The van der Waals surface area contributed by atoms with Crippen LogP contribution in [0.5, 0.6) is 0 Å². The van der Waals surface area contributed by atoms with Crippen molar-refractivity contribution >= 4 is 16.0 Å². The highest BCUT2D eigenvalue weighted by Gasteiger charge is 2.22. The maximum absolute atomic E-state index is 12.6. The molecule has 0 heterocycles. The first-order valence-electron chi connectivity index (χ1n) is 10.0. The molecule has 0 aliphatic heterocycles. The first-order chi connectivity index (χ1) is 11.9. The molecule has 1 atom stereocenters. The monoisotopic (exact) mass is 377 g/mol. The predicted molar refractivity (Wildman–Crippen MR) is 104 cm³/mol. The minimum Gasteiger partial charge on any atom is -0.464 e. The lowest BCUT2D eigenvalue weighted by molar-refractivity contribution is -0.148. The molecule has 0 saturated carbocycles. The number of sulfonamides is 1. The number of ether oxygens (including phenoxy) is 1. The summed E-state index contributed by atoms with van der Waals surface area (Å²) in [5.74, 6) is -0.183. The second kappa shape index (κ2) is 14.5. The van der Waals surface area contributed by atoms with Crippen molar-refractivity contribution in [2.24, 2.45) is 5.92 Å². The van der Waals surface area contributed by atoms with Gasteiger partial charge in [0.05, 0.1) is 11.7 Å². The molecule has 0 bridgehead atoms. The Morgan fingerprint density at radius 2 is 1.52 bits per heavy atom. The SMILES string of the molecule is CCCCCCCCS(=O)(=O)N(CCCC)CCOC(=O)C(C)CC. The molecule has 0 spiro atoms. The molecule has 0 radical (unpaired) electrons. The number of esters is 1. The number of hydrogen-bond donors (Lipinski definition) is 0. The second-order valence-corrected chi connectivity index (χ2v) is 8.90. The summed E-state index contributed by atoms with van der Waals surface area (Å²) in [6.45, 7) is 8.89. The highest BCUT2D eigenvalue weighted by Crippen LogP contribution is 2.11. The van der Waals surface area contributed by atoms with Gasteiger partial charge in [0.2, 0.25) is 10.0 Å². The van der Waals surface area contributed by atoms with Crippen LogP contribution in [-0.4, -0.2) is 44.1 Å². The van der Waals surface area contributed by atoms with E-state index in [4.69, 9.17) is 4.74 Å². The molecule has 5 nitrogen and oxygen atoms in total. The summed E-state index contributed by atoms with van der Waals surface area (Å²) < 4.78 is 31.9. The Kier molecular flexibility index (Phi) is 14.2. The molecule has 6 heteroatoms. The van der Waals surface area contributed by atoms with Gasteiger partial charge in [-0.05, 0) is 19.3 Å². The van der Waals surface area contributed by atoms with E-state index in [1.165, 1.54) is 23.6 Å². The van der Waals surface area contributed by atoms with Gasteiger partial charge < -0.3 is 4.74 Å². The zero-order valence-corrected chi connectivity index (χ0v) is 17.6. The van der Waals surface area contributed by atoms with E-state index >= 15 is 0 Å². The molecular weight excluding hydrogens is 338 g/mol. The average Bonchev–Trinajstić information content (AvgIpc) is 2.59. The fraction of sp³-hybridized carbons (Fsp3) is 0.947. The van der Waals surface area contributed by atoms with E-state index in [-0.39, 0.29) is 30.8 Å². The van der Waals surface area contributed by atoms with Crippen LogP contribution in [0.1, 0.15) is 85.5 Å². The Morgan fingerprint density at radius 3 is 2.12 bits per heavy atom. The standard InChI is InChI=1S/C19H39NO4S/c1-5-8-10-11-12-13-17-25(22,23)20(14-9-6-2)15-16-24-19(21)18(4)7-3/h18H,5-17H2,1-4H3. The fourth-order valence-corrected chi connectivity index (χ4v) is 4.06. The van der Waals surface area contributed by atoms with Gasteiger partial charge in [0, 0.05) is 13.1 Å². The third-order valence-electron chi connectivity index (χ3n) is 4.51. The van der Waals surface area contributed by atoms with Crippen molar-refractivity contribution in [1.82, 2.24) is 4.31 Å². The van der Waals surface area contributed by atoms with E-state index in [9.17, 15) is 13.2 Å². The van der Waals surface area contributed by atoms with Gasteiger partial charge in [-0.1, -0.05) is 66.2 Å². The molecule has 0 aliphatic rings. The largest absolute Gasteiger partial charge is 0.464 e. The number of carbonyl (C=O) groups excluding carboxylic acids is 1. The van der Waals surface area contributed by atoms with Crippen molar-refractivity contribution in [3.8, 4) is 0 Å². The maximum atomic E-state index is 12.6. The Balaban J connectivity index is 4.38. The fourth-order valence-electron chi connectivity index (χ4n) is 2.48. The minimum absolute atomic E-state index is 0.135. The van der Waals surface area contributed by atoms with Crippen LogP contribution >= 0.6 is 0 Å². The van der Waals surface area contributed by atoms with Gasteiger partial charge in [0.25, 0.3) is 0 Å². The van der Waals surface area contributed by atoms with Crippen LogP contribution in [0.25, 0.3) is 0 Å². The molecule has 25 heavy (non-hydrogen) atoms. The van der Waals surface area contributed by atoms with E-state index in [0.717, 1.165) is 32.1 Å². The number of nitrogens with zero attached hydrogens (tertiary/aromatic N) is 1. The zero-order valence-electron chi connectivity index (χ0n) is 16.8. The summed E-state index contributed by atoms with van der Waals surface area (Å²) in [7, 11) is -3.27. The molecule has 0 aromatic carbocycles. The van der Waals surface area contributed by atoms with Crippen molar-refractivity contribution in [2.45, 2.75) is 85.5 Å². The van der Waals surface area contributed by atoms with E-state index in [1.54, 1.807) is 0 Å². The molecule has 1 unspecified atom stereocenters. The molecule has 0 aromatic rings. The molecule has 0 aliphatic carbocycles. The van der Waals surface area contributed by atoms with Crippen LogP contribution in [-0.2, 0) is 19.6 Å². The first-order valence-corrected chi connectivity index (χ1v) is 11.6. The molecule has 0 saturated heterocycles. The normalized spacial score (nSPS) is 13.2. The van der Waals surface area contributed by atoms with Crippen LogP contribution in [0, 0.1) is 5.92 Å². The number of carbonyl (C=O) groups is 1. The Bertz CT molecular complexity index is 437. The van der Waals surface area contributed by atoms with Crippen molar-refractivity contribution in [3.63, 3.8) is 0 Å². The average molecular weight is 378 g/mol. The van der Waals surface area contributed by atoms with Crippen molar-refractivity contribution in [1.29, 1.82) is 0 Å². The van der Waals surface area contributed by atoms with Gasteiger partial charge in [-0.15, -0.1) is 0 Å². The van der Waals surface area contributed by atoms with Gasteiger partial charge in [0.1, 0.15) is 6.61 Å². The van der Waals surface area contributed by atoms with Crippen LogP contribution in [0.3, 0.4) is 0 Å². The minimum atomic E-state index is -3.27. The summed E-state index contributed by atoms with van der Waals surface area (Å²) >= 11 is 0. The number of hydrogen-bond acceptors (Lipinski definition) is 4. The topological polar surface area (TPSA) is 63.7 Å². The number of rotatable bonds is 16. The third-order valence-corrected chi connectivity index (χ3v) is 6.47. The molecule has 0 aromatic heterocycles. The van der Waals surface area contributed by atoms with Crippen LogP contribution in [0.4, 0.5) is 0 Å². The van der Waals surface area contributed by atoms with Crippen molar-refractivity contribution in [3.05, 3.63) is 0 Å². The Hall–Kier alpha value is -0.620. The van der Waals surface area contributed by atoms with Crippen molar-refractivity contribution < 1.29 is 17.9 Å². The van der Waals surface area contributed by atoms with E-state index in [0.29, 0.717) is 13.0 Å². The lowest BCUT2D eigenvalue weighted by Crippen LogP contribution is -2.37. The van der Waals surface area contributed by atoms with E-state index in [1.807, 2.05) is 20.8 Å². The van der Waals surface area contributed by atoms with Gasteiger partial charge in [0.15, 0.2) is 0 Å². The van der Waals surface area contributed by atoms with Gasteiger partial charge in [-0.3, -0.25) is 4.79 Å². The molecule has 150 valence electrons. The third kappa shape index (κ3) is 11.6. The first kappa shape index (κ1) is 24.4.